The van der Waals surface area contributed by atoms with E-state index >= 15 is 0 Å². The van der Waals surface area contributed by atoms with Gasteiger partial charge in [0.2, 0.25) is 0 Å². The number of hydrogen-bond donors (Lipinski definition) is 0. The zero-order chi connectivity index (χ0) is 20.2. The molecule has 0 N–H and O–H groups in total. The summed E-state index contributed by atoms with van der Waals surface area (Å²) in [5.74, 6) is 1.79. The van der Waals surface area contributed by atoms with Crippen molar-refractivity contribution >= 4 is 0 Å². The minimum atomic E-state index is 0.715. The molecule has 0 bridgehead atoms. The molecule has 1 unspecified atom stereocenters. The minimum absolute atomic E-state index is 0.715. The highest BCUT2D eigenvalue weighted by Crippen LogP contribution is 2.24. The molecule has 0 saturated heterocycles. The van der Waals surface area contributed by atoms with Crippen LogP contribution in [0.1, 0.15) is 57.1 Å². The summed E-state index contributed by atoms with van der Waals surface area (Å²) in [5, 5.41) is 0. The van der Waals surface area contributed by atoms with E-state index in [0.717, 1.165) is 36.3 Å². The van der Waals surface area contributed by atoms with E-state index in [1.165, 1.54) is 43.2 Å². The average Bonchev–Trinajstić information content (AvgIpc) is 2.67. The maximum atomic E-state index is 6.24. The quantitative estimate of drug-likeness (QED) is 0.284. The van der Waals surface area contributed by atoms with E-state index in [0.29, 0.717) is 5.92 Å². The first-order valence-corrected chi connectivity index (χ1v) is 11.1. The third kappa shape index (κ3) is 8.48. The van der Waals surface area contributed by atoms with Crippen molar-refractivity contribution in [1.29, 1.82) is 0 Å². The number of likely N-dealkylation sites (N-methyl/N-ethyl adjacent to an activating group) is 1. The van der Waals surface area contributed by atoms with E-state index in [9.17, 15) is 0 Å². The van der Waals surface area contributed by atoms with Crippen LogP contribution in [0.3, 0.4) is 0 Å². The van der Waals surface area contributed by atoms with Gasteiger partial charge in [0.25, 0.3) is 0 Å². The van der Waals surface area contributed by atoms with Gasteiger partial charge in [-0.2, -0.15) is 0 Å². The van der Waals surface area contributed by atoms with Crippen molar-refractivity contribution in [1.82, 2.24) is 0 Å². The molecular formula is C26H40NO+. The van der Waals surface area contributed by atoms with Crippen LogP contribution < -0.4 is 4.74 Å². The molecule has 0 fully saturated rings. The highest BCUT2D eigenvalue weighted by molar-refractivity contribution is 5.33. The Kier molecular flexibility index (Phi) is 9.57. The smallest absolute Gasteiger partial charge is 0.137 e. The molecule has 0 aliphatic heterocycles. The summed E-state index contributed by atoms with van der Waals surface area (Å²) in [5.41, 5.74) is 2.74. The molecular weight excluding hydrogens is 342 g/mol. The topological polar surface area (TPSA) is 9.23 Å². The summed E-state index contributed by atoms with van der Waals surface area (Å²) in [6.45, 7) is 7.43. The molecule has 0 aromatic heterocycles. The molecule has 0 saturated carbocycles. The number of rotatable bonds is 13. The first-order chi connectivity index (χ1) is 13.5. The van der Waals surface area contributed by atoms with Crippen molar-refractivity contribution in [2.24, 2.45) is 5.92 Å². The molecule has 2 aromatic carbocycles. The fourth-order valence-corrected chi connectivity index (χ4v) is 3.77. The van der Waals surface area contributed by atoms with Crippen LogP contribution >= 0.6 is 0 Å². The summed E-state index contributed by atoms with van der Waals surface area (Å²) in [6.07, 6.45) is 7.82. The summed E-state index contributed by atoms with van der Waals surface area (Å²) in [6, 6.07) is 19.3. The van der Waals surface area contributed by atoms with Gasteiger partial charge in [0, 0.05) is 5.56 Å². The number of hydrogen-bond acceptors (Lipinski definition) is 1. The van der Waals surface area contributed by atoms with Gasteiger partial charge < -0.3 is 9.22 Å². The molecule has 0 radical (unpaired) electrons. The van der Waals surface area contributed by atoms with Gasteiger partial charge in [-0.3, -0.25) is 0 Å². The van der Waals surface area contributed by atoms with E-state index in [1.807, 2.05) is 0 Å². The van der Waals surface area contributed by atoms with Crippen molar-refractivity contribution in [3.63, 3.8) is 0 Å². The van der Waals surface area contributed by atoms with Crippen LogP contribution in [0.4, 0.5) is 0 Å². The Morgan fingerprint density at radius 1 is 0.893 bits per heavy atom. The van der Waals surface area contributed by atoms with Crippen LogP contribution in [0.5, 0.6) is 5.75 Å². The molecule has 0 amide bonds. The number of ether oxygens (including phenoxy) is 1. The first kappa shape index (κ1) is 22.5. The third-order valence-corrected chi connectivity index (χ3v) is 5.50. The lowest BCUT2D eigenvalue weighted by Gasteiger charge is -2.30. The molecule has 2 nitrogen and oxygen atoms in total. The number of benzene rings is 2. The normalized spacial score (nSPS) is 12.7. The van der Waals surface area contributed by atoms with Gasteiger partial charge in [0.05, 0.1) is 14.1 Å². The number of unbranched alkanes of at least 4 members (excludes halogenated alkanes) is 3. The van der Waals surface area contributed by atoms with Crippen LogP contribution in [0, 0.1) is 5.92 Å². The highest BCUT2D eigenvalue weighted by Gasteiger charge is 2.16. The van der Waals surface area contributed by atoms with Crippen molar-refractivity contribution < 1.29 is 9.22 Å². The second-order valence-corrected chi connectivity index (χ2v) is 8.92. The van der Waals surface area contributed by atoms with Crippen LogP contribution in [-0.4, -0.2) is 31.7 Å². The van der Waals surface area contributed by atoms with Crippen LogP contribution in [-0.2, 0) is 13.0 Å². The Balaban J connectivity index is 1.82. The van der Waals surface area contributed by atoms with E-state index in [4.69, 9.17) is 4.74 Å². The fraction of sp³-hybridized carbons (Fsp3) is 0.538. The van der Waals surface area contributed by atoms with Crippen LogP contribution in [0.15, 0.2) is 54.6 Å². The molecule has 2 aromatic rings. The van der Waals surface area contributed by atoms with Crippen molar-refractivity contribution in [2.45, 2.75) is 58.9 Å². The zero-order valence-electron chi connectivity index (χ0n) is 18.5. The lowest BCUT2D eigenvalue weighted by Crippen LogP contribution is -2.42. The number of quaternary nitrogens is 1. The largest absolute Gasteiger partial charge is 0.487 e. The number of nitrogens with zero attached hydrogens (tertiary/aromatic N) is 1. The molecule has 1 atom stereocenters. The molecule has 0 spiro atoms. The van der Waals surface area contributed by atoms with Crippen molar-refractivity contribution in [3.8, 4) is 5.75 Å². The van der Waals surface area contributed by atoms with Crippen molar-refractivity contribution in [2.75, 3.05) is 27.2 Å². The van der Waals surface area contributed by atoms with Crippen LogP contribution in [0.2, 0.25) is 0 Å². The predicted octanol–water partition coefficient (Wildman–Crippen LogP) is 6.49. The number of para-hydroxylation sites is 1. The molecule has 154 valence electrons. The second kappa shape index (κ2) is 11.9. The Bertz CT molecular complexity index is 665. The predicted molar refractivity (Wildman–Crippen MR) is 121 cm³/mol. The van der Waals surface area contributed by atoms with E-state index in [2.05, 4.69) is 82.5 Å². The van der Waals surface area contributed by atoms with Crippen molar-refractivity contribution in [3.05, 3.63) is 65.7 Å². The summed E-state index contributed by atoms with van der Waals surface area (Å²) >= 11 is 0. The maximum absolute atomic E-state index is 6.24. The molecule has 28 heavy (non-hydrogen) atoms. The molecule has 0 aliphatic carbocycles. The van der Waals surface area contributed by atoms with Gasteiger partial charge in [-0.25, -0.2) is 0 Å². The zero-order valence-corrected chi connectivity index (χ0v) is 18.5. The summed E-state index contributed by atoms with van der Waals surface area (Å²) < 4.78 is 7.17. The van der Waals surface area contributed by atoms with Crippen LogP contribution in [0.25, 0.3) is 0 Å². The van der Waals surface area contributed by atoms with Gasteiger partial charge in [0.15, 0.2) is 0 Å². The van der Waals surface area contributed by atoms with E-state index < -0.39 is 0 Å². The molecule has 0 heterocycles. The SMILES string of the molecule is CCCCCCC(C)Cc1ccccc1OCC[N+](C)(C)Cc1ccccc1. The van der Waals surface area contributed by atoms with Gasteiger partial charge in [-0.15, -0.1) is 0 Å². The first-order valence-electron chi connectivity index (χ1n) is 11.1. The van der Waals surface area contributed by atoms with E-state index in [1.54, 1.807) is 0 Å². The summed E-state index contributed by atoms with van der Waals surface area (Å²) in [4.78, 5) is 0. The second-order valence-electron chi connectivity index (χ2n) is 8.92. The lowest BCUT2D eigenvalue weighted by molar-refractivity contribution is -0.903. The molecule has 2 rings (SSSR count). The van der Waals surface area contributed by atoms with Gasteiger partial charge >= 0.3 is 0 Å². The van der Waals surface area contributed by atoms with Gasteiger partial charge in [-0.1, -0.05) is 94.5 Å². The monoisotopic (exact) mass is 382 g/mol. The Morgan fingerprint density at radius 2 is 1.61 bits per heavy atom. The molecule has 0 aliphatic rings. The fourth-order valence-electron chi connectivity index (χ4n) is 3.77. The Labute approximate surface area is 173 Å². The average molecular weight is 383 g/mol. The lowest BCUT2D eigenvalue weighted by atomic mass is 9.95. The van der Waals surface area contributed by atoms with E-state index in [-0.39, 0.29) is 0 Å². The highest BCUT2D eigenvalue weighted by atomic mass is 16.5. The Morgan fingerprint density at radius 3 is 2.36 bits per heavy atom. The van der Waals surface area contributed by atoms with Gasteiger partial charge in [0.1, 0.15) is 25.4 Å². The van der Waals surface area contributed by atoms with Gasteiger partial charge in [-0.05, 0) is 24.0 Å². The maximum Gasteiger partial charge on any atom is 0.137 e. The minimum Gasteiger partial charge on any atom is -0.487 e. The Hall–Kier alpha value is -1.80. The standard InChI is InChI=1S/C26H40NO/c1-5-6-7-9-14-23(2)21-25-17-12-13-18-26(25)28-20-19-27(3,4)22-24-15-10-8-11-16-24/h8,10-13,15-18,23H,5-7,9,14,19-22H2,1-4H3/q+1. The summed E-state index contributed by atoms with van der Waals surface area (Å²) in [7, 11) is 4.56. The molecule has 2 heteroatoms. The third-order valence-electron chi connectivity index (χ3n) is 5.50.